The topological polar surface area (TPSA) is 46.3 Å². The third-order valence-corrected chi connectivity index (χ3v) is 2.59. The highest BCUT2D eigenvalue weighted by molar-refractivity contribution is 7.17. The Morgan fingerprint density at radius 1 is 1.58 bits per heavy atom. The Kier molecular flexibility index (Phi) is 2.38. The summed E-state index contributed by atoms with van der Waals surface area (Å²) in [6, 6.07) is 1.82. The predicted octanol–water partition coefficient (Wildman–Crippen LogP) is 1.34. The average Bonchev–Trinajstić information content (AvgIpc) is 2.28. The minimum Gasteiger partial charge on any atom is -0.391 e. The van der Waals surface area contributed by atoms with Crippen molar-refractivity contribution in [1.82, 2.24) is 4.90 Å². The largest absolute Gasteiger partial charge is 0.391 e. The van der Waals surface area contributed by atoms with Crippen LogP contribution in [-0.4, -0.2) is 24.9 Å². The Morgan fingerprint density at radius 2 is 2.17 bits per heavy atom. The number of aryl methyl sites for hydroxylation is 1. The summed E-state index contributed by atoms with van der Waals surface area (Å²) in [5.74, 6) is 0.0224. The lowest BCUT2D eigenvalue weighted by Crippen LogP contribution is -2.21. The molecule has 1 heterocycles. The maximum Gasteiger partial charge on any atom is 0.263 e. The van der Waals surface area contributed by atoms with Crippen molar-refractivity contribution in [2.45, 2.75) is 6.92 Å². The Morgan fingerprint density at radius 3 is 2.50 bits per heavy atom. The fourth-order valence-electron chi connectivity index (χ4n) is 0.922. The first-order valence-corrected chi connectivity index (χ1v) is 4.41. The predicted molar refractivity (Wildman–Crippen MR) is 51.5 cm³/mol. The van der Waals surface area contributed by atoms with Gasteiger partial charge in [-0.15, -0.1) is 11.3 Å². The van der Waals surface area contributed by atoms with Crippen molar-refractivity contribution in [3.05, 3.63) is 16.5 Å². The third kappa shape index (κ3) is 1.58. The summed E-state index contributed by atoms with van der Waals surface area (Å²) in [7, 11) is 3.47. The monoisotopic (exact) mass is 184 g/mol. The van der Waals surface area contributed by atoms with Gasteiger partial charge in [0, 0.05) is 14.1 Å². The van der Waals surface area contributed by atoms with E-state index in [2.05, 4.69) is 0 Å². The van der Waals surface area contributed by atoms with Crippen molar-refractivity contribution in [1.29, 1.82) is 0 Å². The molecule has 2 N–H and O–H groups in total. The van der Waals surface area contributed by atoms with E-state index in [1.165, 1.54) is 11.3 Å². The quantitative estimate of drug-likeness (QED) is 0.716. The minimum absolute atomic E-state index is 0.0224. The lowest BCUT2D eigenvalue weighted by Gasteiger charge is -2.08. The van der Waals surface area contributed by atoms with Gasteiger partial charge in [0.2, 0.25) is 0 Å². The summed E-state index contributed by atoms with van der Waals surface area (Å²) >= 11 is 1.34. The maximum absolute atomic E-state index is 11.5. The van der Waals surface area contributed by atoms with Crippen molar-refractivity contribution >= 4 is 22.2 Å². The van der Waals surface area contributed by atoms with Crippen molar-refractivity contribution in [3.8, 4) is 0 Å². The summed E-state index contributed by atoms with van der Waals surface area (Å²) in [6.45, 7) is 1.89. The SMILES string of the molecule is Cc1cc(N)sc1C(=O)N(C)C. The zero-order valence-corrected chi connectivity index (χ0v) is 8.23. The van der Waals surface area contributed by atoms with Crippen molar-refractivity contribution < 1.29 is 4.79 Å². The number of hydrogen-bond acceptors (Lipinski definition) is 3. The number of nitrogens with zero attached hydrogens (tertiary/aromatic N) is 1. The van der Waals surface area contributed by atoms with Gasteiger partial charge in [0.15, 0.2) is 0 Å². The van der Waals surface area contributed by atoms with Crippen LogP contribution in [0.3, 0.4) is 0 Å². The Balaban J connectivity index is 3.02. The normalized spacial score (nSPS) is 9.92. The first-order chi connectivity index (χ1) is 5.52. The molecule has 66 valence electrons. The number of hydrogen-bond donors (Lipinski definition) is 1. The number of rotatable bonds is 1. The summed E-state index contributed by atoms with van der Waals surface area (Å²) in [5, 5.41) is 0.692. The van der Waals surface area contributed by atoms with Gasteiger partial charge in [-0.2, -0.15) is 0 Å². The van der Waals surface area contributed by atoms with E-state index in [0.29, 0.717) is 5.00 Å². The lowest BCUT2D eigenvalue weighted by molar-refractivity contribution is 0.0831. The third-order valence-electron chi connectivity index (χ3n) is 1.54. The van der Waals surface area contributed by atoms with Crippen LogP contribution in [0.5, 0.6) is 0 Å². The minimum atomic E-state index is 0.0224. The van der Waals surface area contributed by atoms with Gasteiger partial charge in [-0.1, -0.05) is 0 Å². The van der Waals surface area contributed by atoms with Crippen LogP contribution in [0.4, 0.5) is 5.00 Å². The molecule has 3 nitrogen and oxygen atoms in total. The molecule has 0 bridgehead atoms. The zero-order chi connectivity index (χ0) is 9.30. The van der Waals surface area contributed by atoms with Crippen molar-refractivity contribution in [3.63, 3.8) is 0 Å². The number of carbonyl (C=O) groups is 1. The number of anilines is 1. The van der Waals surface area contributed by atoms with E-state index >= 15 is 0 Å². The lowest BCUT2D eigenvalue weighted by atomic mass is 10.3. The molecular weight excluding hydrogens is 172 g/mol. The van der Waals surface area contributed by atoms with Crippen LogP contribution in [0.15, 0.2) is 6.07 Å². The molecule has 0 aliphatic heterocycles. The molecule has 0 fully saturated rings. The Labute approximate surface area is 75.8 Å². The molecule has 0 saturated carbocycles. The van der Waals surface area contributed by atoms with Gasteiger partial charge in [0.05, 0.1) is 9.88 Å². The van der Waals surface area contributed by atoms with E-state index < -0.39 is 0 Å². The van der Waals surface area contributed by atoms with Crippen LogP contribution < -0.4 is 5.73 Å². The molecule has 0 aromatic carbocycles. The molecule has 0 atom stereocenters. The Bertz CT molecular complexity index is 304. The number of nitrogen functional groups attached to an aromatic ring is 1. The van der Waals surface area contributed by atoms with Crippen LogP contribution in [0.25, 0.3) is 0 Å². The summed E-state index contributed by atoms with van der Waals surface area (Å²) < 4.78 is 0. The highest BCUT2D eigenvalue weighted by Gasteiger charge is 2.13. The van der Waals surface area contributed by atoms with Gasteiger partial charge in [0.25, 0.3) is 5.91 Å². The van der Waals surface area contributed by atoms with Crippen LogP contribution in [-0.2, 0) is 0 Å². The fourth-order valence-corrected chi connectivity index (χ4v) is 1.88. The second-order valence-electron chi connectivity index (χ2n) is 2.86. The van der Waals surface area contributed by atoms with E-state index in [0.717, 1.165) is 10.4 Å². The molecule has 0 radical (unpaired) electrons. The zero-order valence-electron chi connectivity index (χ0n) is 7.42. The summed E-state index contributed by atoms with van der Waals surface area (Å²) in [5.41, 5.74) is 6.52. The number of amides is 1. The molecule has 0 aliphatic rings. The molecule has 12 heavy (non-hydrogen) atoms. The average molecular weight is 184 g/mol. The van der Waals surface area contributed by atoms with Gasteiger partial charge in [-0.3, -0.25) is 4.79 Å². The van der Waals surface area contributed by atoms with E-state index in [9.17, 15) is 4.79 Å². The molecule has 0 aliphatic carbocycles. The van der Waals surface area contributed by atoms with Crippen LogP contribution in [0, 0.1) is 6.92 Å². The smallest absolute Gasteiger partial charge is 0.263 e. The van der Waals surface area contributed by atoms with E-state index in [4.69, 9.17) is 5.73 Å². The molecule has 4 heteroatoms. The first kappa shape index (κ1) is 9.06. The van der Waals surface area contributed by atoms with E-state index in [-0.39, 0.29) is 5.91 Å². The molecule has 0 spiro atoms. The standard InChI is InChI=1S/C8H12N2OS/c1-5-4-6(9)12-7(5)8(11)10(2)3/h4H,9H2,1-3H3. The van der Waals surface area contributed by atoms with E-state index in [1.807, 2.05) is 13.0 Å². The highest BCUT2D eigenvalue weighted by atomic mass is 32.1. The molecule has 0 unspecified atom stereocenters. The highest BCUT2D eigenvalue weighted by Crippen LogP contribution is 2.24. The molecule has 1 rings (SSSR count). The molecular formula is C8H12N2OS. The van der Waals surface area contributed by atoms with Crippen molar-refractivity contribution in [2.75, 3.05) is 19.8 Å². The molecule has 1 amide bonds. The van der Waals surface area contributed by atoms with Crippen LogP contribution in [0.1, 0.15) is 15.2 Å². The fraction of sp³-hybridized carbons (Fsp3) is 0.375. The second-order valence-corrected chi connectivity index (χ2v) is 3.94. The van der Waals surface area contributed by atoms with Crippen LogP contribution in [0.2, 0.25) is 0 Å². The van der Waals surface area contributed by atoms with Gasteiger partial charge in [-0.05, 0) is 18.6 Å². The van der Waals surface area contributed by atoms with E-state index in [1.54, 1.807) is 19.0 Å². The summed E-state index contributed by atoms with van der Waals surface area (Å²) in [4.78, 5) is 13.7. The number of carbonyl (C=O) groups excluding carboxylic acids is 1. The number of thiophene rings is 1. The van der Waals surface area contributed by atoms with Crippen LogP contribution >= 0.6 is 11.3 Å². The molecule has 1 aromatic rings. The maximum atomic E-state index is 11.5. The first-order valence-electron chi connectivity index (χ1n) is 3.60. The van der Waals surface area contributed by atoms with Gasteiger partial charge in [0.1, 0.15) is 0 Å². The van der Waals surface area contributed by atoms with Gasteiger partial charge in [-0.25, -0.2) is 0 Å². The molecule has 0 saturated heterocycles. The summed E-state index contributed by atoms with van der Waals surface area (Å²) in [6.07, 6.45) is 0. The van der Waals surface area contributed by atoms with Gasteiger partial charge >= 0.3 is 0 Å². The number of nitrogens with two attached hydrogens (primary N) is 1. The second kappa shape index (κ2) is 3.15. The Hall–Kier alpha value is -1.03. The van der Waals surface area contributed by atoms with Gasteiger partial charge < -0.3 is 10.6 Å². The molecule has 1 aromatic heterocycles. The van der Waals surface area contributed by atoms with Crippen molar-refractivity contribution in [2.24, 2.45) is 0 Å².